The number of benzene rings is 1. The van der Waals surface area contributed by atoms with E-state index in [1.54, 1.807) is 6.20 Å². The Hall–Kier alpha value is -3.13. The van der Waals surface area contributed by atoms with Gasteiger partial charge in [0.15, 0.2) is 0 Å². The SMILES string of the molecule is CC(O)C(NC(=O)C(N)CS)C(=O)NC(CCCCN)C(=O)NC(Cc1c[nH]c2ccccc12)C(=O)O. The Morgan fingerprint density at radius 3 is 2.32 bits per heavy atom. The van der Waals surface area contributed by atoms with E-state index in [0.717, 1.165) is 10.9 Å². The number of rotatable bonds is 15. The van der Waals surface area contributed by atoms with E-state index in [1.807, 2.05) is 24.3 Å². The molecule has 10 N–H and O–H groups in total. The lowest BCUT2D eigenvalue weighted by Gasteiger charge is -2.26. The quantitative estimate of drug-likeness (QED) is 0.102. The summed E-state index contributed by atoms with van der Waals surface area (Å²) >= 11 is 3.95. The summed E-state index contributed by atoms with van der Waals surface area (Å²) in [6, 6.07) is 2.62. The minimum absolute atomic E-state index is 0.0164. The maximum atomic E-state index is 13.1. The van der Waals surface area contributed by atoms with Crippen LogP contribution < -0.4 is 27.4 Å². The van der Waals surface area contributed by atoms with Crippen LogP contribution in [0.25, 0.3) is 10.9 Å². The summed E-state index contributed by atoms with van der Waals surface area (Å²) in [6.07, 6.45) is 1.64. The van der Waals surface area contributed by atoms with Crippen molar-refractivity contribution in [2.75, 3.05) is 12.3 Å². The van der Waals surface area contributed by atoms with Gasteiger partial charge in [-0.1, -0.05) is 18.2 Å². The van der Waals surface area contributed by atoms with Crippen molar-refractivity contribution in [1.82, 2.24) is 20.9 Å². The topological polar surface area (TPSA) is 213 Å². The highest BCUT2D eigenvalue weighted by molar-refractivity contribution is 7.80. The molecule has 13 heteroatoms. The molecule has 0 spiro atoms. The van der Waals surface area contributed by atoms with Crippen LogP contribution in [0, 0.1) is 0 Å². The number of unbranched alkanes of at least 4 members (excludes halogenated alkanes) is 1. The van der Waals surface area contributed by atoms with Crippen LogP contribution in [-0.2, 0) is 25.6 Å². The molecule has 2 aromatic rings. The lowest BCUT2D eigenvalue weighted by Crippen LogP contribution is -2.60. The summed E-state index contributed by atoms with van der Waals surface area (Å²) in [7, 11) is 0. The van der Waals surface area contributed by atoms with Gasteiger partial charge in [-0.25, -0.2) is 4.79 Å². The number of hydrogen-bond donors (Lipinski definition) is 9. The second-order valence-corrected chi connectivity index (χ2v) is 9.19. The van der Waals surface area contributed by atoms with Gasteiger partial charge in [0, 0.05) is 29.3 Å². The molecule has 37 heavy (non-hydrogen) atoms. The standard InChI is InChI=1S/C24H36N6O6S/c1-13(31)20(30-21(32)16(26)12-37)23(34)28-18(8-4-5-9-25)22(33)29-19(24(35)36)10-14-11-27-17-7-3-2-6-15(14)17/h2-3,6-7,11,13,16,18-20,27,31,37H,4-5,8-10,12,25-26H2,1H3,(H,28,34)(H,29,33)(H,30,32)(H,35,36). The number of fused-ring (bicyclic) bond motifs is 1. The van der Waals surface area contributed by atoms with Gasteiger partial charge >= 0.3 is 5.97 Å². The zero-order chi connectivity index (χ0) is 27.5. The van der Waals surface area contributed by atoms with Crippen LogP contribution in [-0.4, -0.2) is 81.5 Å². The Bertz CT molecular complexity index is 1080. The number of aliphatic hydroxyl groups excluding tert-OH is 1. The molecule has 1 aromatic carbocycles. The van der Waals surface area contributed by atoms with Crippen LogP contribution in [0.3, 0.4) is 0 Å². The maximum Gasteiger partial charge on any atom is 0.326 e. The van der Waals surface area contributed by atoms with Gasteiger partial charge in [0.25, 0.3) is 0 Å². The zero-order valence-electron chi connectivity index (χ0n) is 20.6. The largest absolute Gasteiger partial charge is 0.480 e. The van der Waals surface area contributed by atoms with Crippen molar-refractivity contribution >= 4 is 47.2 Å². The van der Waals surface area contributed by atoms with Gasteiger partial charge in [-0.3, -0.25) is 14.4 Å². The third kappa shape index (κ3) is 8.74. The summed E-state index contributed by atoms with van der Waals surface area (Å²) in [4.78, 5) is 53.3. The Morgan fingerprint density at radius 1 is 1.03 bits per heavy atom. The fraction of sp³-hybridized carbons (Fsp3) is 0.500. The average molecular weight is 537 g/mol. The number of aliphatic carboxylic acids is 1. The van der Waals surface area contributed by atoms with Gasteiger partial charge < -0.3 is 42.6 Å². The number of carboxylic acids is 1. The van der Waals surface area contributed by atoms with Crippen molar-refractivity contribution in [2.45, 2.75) is 62.9 Å². The second kappa shape index (κ2) is 14.6. The van der Waals surface area contributed by atoms with Crippen molar-refractivity contribution < 1.29 is 29.4 Å². The Morgan fingerprint density at radius 2 is 1.70 bits per heavy atom. The average Bonchev–Trinajstić information content (AvgIpc) is 3.27. The van der Waals surface area contributed by atoms with Crippen molar-refractivity contribution in [2.24, 2.45) is 11.5 Å². The first kappa shape index (κ1) is 30.1. The molecule has 0 radical (unpaired) electrons. The Labute approximate surface area is 220 Å². The number of aromatic amines is 1. The number of nitrogens with two attached hydrogens (primary N) is 2. The number of aromatic nitrogens is 1. The van der Waals surface area contributed by atoms with Crippen LogP contribution in [0.5, 0.6) is 0 Å². The molecule has 0 bridgehead atoms. The fourth-order valence-electron chi connectivity index (χ4n) is 3.76. The second-order valence-electron chi connectivity index (χ2n) is 8.82. The number of nitrogens with one attached hydrogen (secondary N) is 4. The minimum atomic E-state index is -1.38. The van der Waals surface area contributed by atoms with E-state index in [4.69, 9.17) is 11.5 Å². The molecule has 1 aromatic heterocycles. The molecule has 2 rings (SSSR count). The summed E-state index contributed by atoms with van der Waals surface area (Å²) in [6.45, 7) is 1.68. The number of hydrogen-bond acceptors (Lipinski definition) is 8. The highest BCUT2D eigenvalue weighted by Crippen LogP contribution is 2.19. The first-order chi connectivity index (χ1) is 17.6. The molecule has 0 fully saturated rings. The van der Waals surface area contributed by atoms with Crippen LogP contribution in [0.15, 0.2) is 30.5 Å². The van der Waals surface area contributed by atoms with Gasteiger partial charge in [-0.05, 0) is 44.4 Å². The first-order valence-corrected chi connectivity index (χ1v) is 12.7. The van der Waals surface area contributed by atoms with Crippen LogP contribution in [0.2, 0.25) is 0 Å². The number of carbonyl (C=O) groups is 4. The van der Waals surface area contributed by atoms with Gasteiger partial charge in [-0.2, -0.15) is 12.6 Å². The van der Waals surface area contributed by atoms with Crippen molar-refractivity contribution in [1.29, 1.82) is 0 Å². The summed E-state index contributed by atoms with van der Waals surface area (Å²) in [5.74, 6) is -3.42. The molecule has 0 aliphatic heterocycles. The van der Waals surface area contributed by atoms with Crippen LogP contribution in [0.1, 0.15) is 31.7 Å². The van der Waals surface area contributed by atoms with E-state index < -0.39 is 54.0 Å². The maximum absolute atomic E-state index is 13.1. The van der Waals surface area contributed by atoms with Crippen molar-refractivity contribution in [3.8, 4) is 0 Å². The fourth-order valence-corrected chi connectivity index (χ4v) is 3.93. The van der Waals surface area contributed by atoms with Gasteiger partial charge in [0.1, 0.15) is 18.1 Å². The number of carbonyl (C=O) groups excluding carboxylic acids is 3. The molecule has 12 nitrogen and oxygen atoms in total. The van der Waals surface area contributed by atoms with E-state index in [0.29, 0.717) is 24.9 Å². The predicted octanol–water partition coefficient (Wildman–Crippen LogP) is -0.984. The number of carboxylic acid groups (broad SMARTS) is 1. The third-order valence-corrected chi connectivity index (χ3v) is 6.28. The first-order valence-electron chi connectivity index (χ1n) is 12.0. The van der Waals surface area contributed by atoms with Crippen LogP contribution >= 0.6 is 12.6 Å². The smallest absolute Gasteiger partial charge is 0.326 e. The number of H-pyrrole nitrogens is 1. The molecule has 0 saturated heterocycles. The summed E-state index contributed by atoms with van der Waals surface area (Å²) < 4.78 is 0. The van der Waals surface area contributed by atoms with E-state index in [9.17, 15) is 29.4 Å². The molecule has 3 amide bonds. The molecule has 0 aliphatic carbocycles. The molecular formula is C24H36N6O6S. The molecule has 204 valence electrons. The Kier molecular flexibility index (Phi) is 11.9. The third-order valence-electron chi connectivity index (χ3n) is 5.89. The molecular weight excluding hydrogens is 500 g/mol. The van der Waals surface area contributed by atoms with E-state index in [-0.39, 0.29) is 18.6 Å². The highest BCUT2D eigenvalue weighted by Gasteiger charge is 2.32. The molecule has 0 aliphatic rings. The molecule has 0 saturated carbocycles. The minimum Gasteiger partial charge on any atom is -0.480 e. The summed E-state index contributed by atoms with van der Waals surface area (Å²) in [5.41, 5.74) is 12.7. The Balaban J connectivity index is 2.17. The zero-order valence-corrected chi connectivity index (χ0v) is 21.5. The van der Waals surface area contributed by atoms with Gasteiger partial charge in [0.2, 0.25) is 17.7 Å². The van der Waals surface area contributed by atoms with Gasteiger partial charge in [0.05, 0.1) is 12.1 Å². The lowest BCUT2D eigenvalue weighted by molar-refractivity contribution is -0.142. The number of aliphatic hydroxyl groups is 1. The monoisotopic (exact) mass is 536 g/mol. The normalized spacial score (nSPS) is 15.3. The van der Waals surface area contributed by atoms with E-state index >= 15 is 0 Å². The van der Waals surface area contributed by atoms with Crippen LogP contribution in [0.4, 0.5) is 0 Å². The van der Waals surface area contributed by atoms with E-state index in [1.165, 1.54) is 6.92 Å². The number of thiol groups is 1. The lowest BCUT2D eigenvalue weighted by atomic mass is 10.0. The van der Waals surface area contributed by atoms with Crippen molar-refractivity contribution in [3.63, 3.8) is 0 Å². The summed E-state index contributed by atoms with van der Waals surface area (Å²) in [5, 5.41) is 28.1. The highest BCUT2D eigenvalue weighted by atomic mass is 32.1. The number of amides is 3. The predicted molar refractivity (Wildman–Crippen MR) is 142 cm³/mol. The molecule has 5 atom stereocenters. The van der Waals surface area contributed by atoms with E-state index in [2.05, 4.69) is 33.6 Å². The molecule has 5 unspecified atom stereocenters. The van der Waals surface area contributed by atoms with Crippen molar-refractivity contribution in [3.05, 3.63) is 36.0 Å². The number of para-hydroxylation sites is 1. The van der Waals surface area contributed by atoms with Gasteiger partial charge in [-0.15, -0.1) is 0 Å². The molecule has 1 heterocycles.